The van der Waals surface area contributed by atoms with E-state index in [0.717, 1.165) is 12.8 Å². The van der Waals surface area contributed by atoms with Crippen LogP contribution in [0.2, 0.25) is 0 Å². The molecule has 0 aromatic rings. The molecule has 0 amide bonds. The molecule has 1 aliphatic rings. The van der Waals surface area contributed by atoms with Gasteiger partial charge in [0.1, 0.15) is 0 Å². The molecule has 17 heavy (non-hydrogen) atoms. The summed E-state index contributed by atoms with van der Waals surface area (Å²) in [4.78, 5) is 4.94. The fourth-order valence-corrected chi connectivity index (χ4v) is 2.48. The van der Waals surface area contributed by atoms with Crippen molar-refractivity contribution >= 4 is 0 Å². The fourth-order valence-electron chi connectivity index (χ4n) is 2.48. The molecule has 1 fully saturated rings. The molecular formula is C14H29N3. The highest BCUT2D eigenvalue weighted by molar-refractivity contribution is 4.97. The van der Waals surface area contributed by atoms with Crippen molar-refractivity contribution in [2.24, 2.45) is 0 Å². The highest BCUT2D eigenvalue weighted by atomic mass is 15.3. The lowest BCUT2D eigenvalue weighted by atomic mass is 9.97. The third-order valence-electron chi connectivity index (χ3n) is 3.98. The minimum absolute atomic E-state index is 0.571. The predicted octanol–water partition coefficient (Wildman–Crippen LogP) is 1.57. The summed E-state index contributed by atoms with van der Waals surface area (Å²) in [6, 6.07) is 1.25. The number of likely N-dealkylation sites (N-methyl/N-ethyl adjacent to an activating group) is 2. The van der Waals surface area contributed by atoms with Gasteiger partial charge in [0.15, 0.2) is 0 Å². The number of rotatable bonds is 6. The van der Waals surface area contributed by atoms with E-state index >= 15 is 0 Å². The van der Waals surface area contributed by atoms with E-state index in [1.807, 2.05) is 0 Å². The number of hydrogen-bond acceptors (Lipinski definition) is 3. The predicted molar refractivity (Wildman–Crippen MR) is 75.4 cm³/mol. The Morgan fingerprint density at radius 1 is 1.41 bits per heavy atom. The van der Waals surface area contributed by atoms with E-state index in [4.69, 9.17) is 0 Å². The van der Waals surface area contributed by atoms with Crippen LogP contribution in [0.1, 0.15) is 26.2 Å². The van der Waals surface area contributed by atoms with Gasteiger partial charge in [0, 0.05) is 31.7 Å². The number of piperazine rings is 1. The van der Waals surface area contributed by atoms with Crippen LogP contribution in [0.4, 0.5) is 0 Å². The van der Waals surface area contributed by atoms with E-state index in [2.05, 4.69) is 49.8 Å². The Labute approximate surface area is 107 Å². The van der Waals surface area contributed by atoms with Crippen LogP contribution >= 0.6 is 0 Å². The fraction of sp³-hybridized carbons (Fsp3) is 0.857. The van der Waals surface area contributed by atoms with Crippen molar-refractivity contribution in [3.63, 3.8) is 0 Å². The van der Waals surface area contributed by atoms with E-state index in [1.165, 1.54) is 31.6 Å². The van der Waals surface area contributed by atoms with Crippen LogP contribution < -0.4 is 5.32 Å². The SMILES string of the molecule is C=C(CC)CC(CC1CN(C)CCN1C)NC. The summed E-state index contributed by atoms with van der Waals surface area (Å²) in [6.45, 7) is 9.88. The highest BCUT2D eigenvalue weighted by Gasteiger charge is 2.24. The molecule has 0 radical (unpaired) electrons. The molecule has 1 aliphatic heterocycles. The maximum atomic E-state index is 4.12. The lowest BCUT2D eigenvalue weighted by molar-refractivity contribution is 0.102. The zero-order valence-electron chi connectivity index (χ0n) is 12.0. The first kappa shape index (κ1) is 14.7. The van der Waals surface area contributed by atoms with Gasteiger partial charge in [-0.25, -0.2) is 0 Å². The molecule has 0 spiro atoms. The molecule has 2 atom stereocenters. The first-order valence-corrected chi connectivity index (χ1v) is 6.79. The average Bonchev–Trinajstić information content (AvgIpc) is 2.32. The Bertz CT molecular complexity index is 240. The van der Waals surface area contributed by atoms with Crippen LogP contribution in [0, 0.1) is 0 Å². The van der Waals surface area contributed by atoms with E-state index in [0.29, 0.717) is 12.1 Å². The first-order valence-electron chi connectivity index (χ1n) is 6.79. The minimum atomic E-state index is 0.571. The van der Waals surface area contributed by atoms with Crippen molar-refractivity contribution in [3.8, 4) is 0 Å². The van der Waals surface area contributed by atoms with Gasteiger partial charge in [-0.15, -0.1) is 0 Å². The van der Waals surface area contributed by atoms with Crippen molar-refractivity contribution < 1.29 is 0 Å². The van der Waals surface area contributed by atoms with E-state index in [9.17, 15) is 0 Å². The summed E-state index contributed by atoms with van der Waals surface area (Å²) in [5.74, 6) is 0. The Morgan fingerprint density at radius 2 is 2.12 bits per heavy atom. The minimum Gasteiger partial charge on any atom is -0.317 e. The van der Waals surface area contributed by atoms with E-state index < -0.39 is 0 Å². The molecule has 0 saturated carbocycles. The maximum absolute atomic E-state index is 4.12. The number of hydrogen-bond donors (Lipinski definition) is 1. The molecule has 3 heteroatoms. The Balaban J connectivity index is 2.45. The third-order valence-corrected chi connectivity index (χ3v) is 3.98. The quantitative estimate of drug-likeness (QED) is 0.710. The lowest BCUT2D eigenvalue weighted by Gasteiger charge is -2.39. The summed E-state index contributed by atoms with van der Waals surface area (Å²) in [5.41, 5.74) is 1.36. The Hall–Kier alpha value is -0.380. The Morgan fingerprint density at radius 3 is 2.71 bits per heavy atom. The number of nitrogens with one attached hydrogen (secondary N) is 1. The van der Waals surface area contributed by atoms with Crippen LogP contribution in [0.25, 0.3) is 0 Å². The largest absolute Gasteiger partial charge is 0.317 e. The molecular weight excluding hydrogens is 210 g/mol. The smallest absolute Gasteiger partial charge is 0.0235 e. The van der Waals surface area contributed by atoms with Crippen LogP contribution in [0.5, 0.6) is 0 Å². The zero-order valence-corrected chi connectivity index (χ0v) is 12.0. The molecule has 1 heterocycles. The van der Waals surface area contributed by atoms with Gasteiger partial charge >= 0.3 is 0 Å². The van der Waals surface area contributed by atoms with Gasteiger partial charge in [-0.3, -0.25) is 0 Å². The van der Waals surface area contributed by atoms with Crippen LogP contribution in [-0.2, 0) is 0 Å². The summed E-state index contributed by atoms with van der Waals surface area (Å²) in [5, 5.41) is 3.44. The third kappa shape index (κ3) is 4.78. The maximum Gasteiger partial charge on any atom is 0.0235 e. The summed E-state index contributed by atoms with van der Waals surface area (Å²) >= 11 is 0. The second-order valence-corrected chi connectivity index (χ2v) is 5.43. The zero-order chi connectivity index (χ0) is 12.8. The van der Waals surface area contributed by atoms with Crippen molar-refractivity contribution in [1.82, 2.24) is 15.1 Å². The topological polar surface area (TPSA) is 18.5 Å². The molecule has 0 aliphatic carbocycles. The molecule has 2 unspecified atom stereocenters. The van der Waals surface area contributed by atoms with Gasteiger partial charge in [0.05, 0.1) is 0 Å². The van der Waals surface area contributed by atoms with Gasteiger partial charge in [-0.05, 0) is 40.4 Å². The van der Waals surface area contributed by atoms with Gasteiger partial charge < -0.3 is 15.1 Å². The van der Waals surface area contributed by atoms with Crippen LogP contribution in [-0.4, -0.2) is 62.7 Å². The highest BCUT2D eigenvalue weighted by Crippen LogP contribution is 2.16. The van der Waals surface area contributed by atoms with Crippen LogP contribution in [0.15, 0.2) is 12.2 Å². The molecule has 0 bridgehead atoms. The van der Waals surface area contributed by atoms with Crippen molar-refractivity contribution in [2.75, 3.05) is 40.8 Å². The summed E-state index contributed by atoms with van der Waals surface area (Å²) < 4.78 is 0. The number of nitrogens with zero attached hydrogens (tertiary/aromatic N) is 2. The van der Waals surface area contributed by atoms with Gasteiger partial charge in [-0.2, -0.15) is 0 Å². The molecule has 1 rings (SSSR count). The first-order chi connectivity index (χ1) is 8.06. The van der Waals surface area contributed by atoms with Crippen molar-refractivity contribution in [3.05, 3.63) is 12.2 Å². The lowest BCUT2D eigenvalue weighted by Crippen LogP contribution is -2.52. The van der Waals surface area contributed by atoms with Crippen molar-refractivity contribution in [2.45, 2.75) is 38.3 Å². The van der Waals surface area contributed by atoms with E-state index in [1.54, 1.807) is 0 Å². The standard InChI is InChI=1S/C14H29N3/c1-6-12(2)9-13(15-3)10-14-11-16(4)7-8-17(14)5/h13-15H,2,6-11H2,1,3-5H3. The average molecular weight is 239 g/mol. The van der Waals surface area contributed by atoms with Crippen molar-refractivity contribution in [1.29, 1.82) is 0 Å². The summed E-state index contributed by atoms with van der Waals surface area (Å²) in [6.07, 6.45) is 3.43. The summed E-state index contributed by atoms with van der Waals surface area (Å²) in [7, 11) is 6.54. The van der Waals surface area contributed by atoms with Crippen LogP contribution in [0.3, 0.4) is 0 Å². The molecule has 0 aromatic carbocycles. The van der Waals surface area contributed by atoms with E-state index in [-0.39, 0.29) is 0 Å². The molecule has 3 nitrogen and oxygen atoms in total. The van der Waals surface area contributed by atoms with Gasteiger partial charge in [0.25, 0.3) is 0 Å². The Kier molecular flexibility index (Phi) is 6.17. The van der Waals surface area contributed by atoms with Gasteiger partial charge in [0.2, 0.25) is 0 Å². The molecule has 0 aromatic heterocycles. The second kappa shape index (κ2) is 7.14. The normalized spacial score (nSPS) is 24.8. The molecule has 100 valence electrons. The van der Waals surface area contributed by atoms with Gasteiger partial charge in [-0.1, -0.05) is 19.1 Å². The second-order valence-electron chi connectivity index (χ2n) is 5.43. The molecule has 1 saturated heterocycles. The monoisotopic (exact) mass is 239 g/mol. The molecule has 1 N–H and O–H groups in total.